The van der Waals surface area contributed by atoms with Crippen LogP contribution in [0.1, 0.15) is 13.8 Å². The van der Waals surface area contributed by atoms with Crippen molar-refractivity contribution in [1.82, 2.24) is 4.98 Å². The van der Waals surface area contributed by atoms with E-state index < -0.39 is 0 Å². The fourth-order valence-electron chi connectivity index (χ4n) is 0.970. The van der Waals surface area contributed by atoms with Gasteiger partial charge in [-0.3, -0.25) is 4.79 Å². The summed E-state index contributed by atoms with van der Waals surface area (Å²) in [6.45, 7) is 4.14. The van der Waals surface area contributed by atoms with Crippen molar-refractivity contribution in [1.29, 1.82) is 0 Å². The summed E-state index contributed by atoms with van der Waals surface area (Å²) >= 11 is 3.19. The molecule has 0 aliphatic heterocycles. The summed E-state index contributed by atoms with van der Waals surface area (Å²) in [6, 6.07) is 3.50. The van der Waals surface area contributed by atoms with Crippen LogP contribution in [0.4, 0.5) is 5.69 Å². The lowest BCUT2D eigenvalue weighted by Gasteiger charge is -2.10. The van der Waals surface area contributed by atoms with E-state index >= 15 is 0 Å². The number of halogens is 1. The SMILES string of the molecule is CCOc1ncccc1NC(=O)C(C)Br. The average molecular weight is 273 g/mol. The highest BCUT2D eigenvalue weighted by molar-refractivity contribution is 9.10. The molecule has 82 valence electrons. The van der Waals surface area contributed by atoms with Crippen molar-refractivity contribution in [2.24, 2.45) is 0 Å². The maximum Gasteiger partial charge on any atom is 0.238 e. The van der Waals surface area contributed by atoms with Crippen molar-refractivity contribution in [2.45, 2.75) is 18.7 Å². The molecule has 1 aromatic heterocycles. The standard InChI is InChI=1S/C10H13BrN2O2/c1-3-15-10-8(5-4-6-12-10)13-9(14)7(2)11/h4-7H,3H2,1-2H3,(H,13,14). The van der Waals surface area contributed by atoms with Crippen LogP contribution in [0, 0.1) is 0 Å². The first kappa shape index (κ1) is 12.0. The first-order valence-electron chi connectivity index (χ1n) is 4.68. The second-order valence-electron chi connectivity index (χ2n) is 2.89. The van der Waals surface area contributed by atoms with Crippen LogP contribution >= 0.6 is 15.9 Å². The quantitative estimate of drug-likeness (QED) is 0.855. The van der Waals surface area contributed by atoms with Crippen LogP contribution in [0.25, 0.3) is 0 Å². The molecule has 0 spiro atoms. The monoisotopic (exact) mass is 272 g/mol. The van der Waals surface area contributed by atoms with Gasteiger partial charge in [-0.1, -0.05) is 15.9 Å². The first-order chi connectivity index (χ1) is 7.15. The number of nitrogens with one attached hydrogen (secondary N) is 1. The van der Waals surface area contributed by atoms with E-state index in [1.807, 2.05) is 6.92 Å². The van der Waals surface area contributed by atoms with E-state index in [2.05, 4.69) is 26.2 Å². The molecular weight excluding hydrogens is 260 g/mol. The van der Waals surface area contributed by atoms with E-state index in [1.54, 1.807) is 25.3 Å². The summed E-state index contributed by atoms with van der Waals surface area (Å²) < 4.78 is 5.28. The Kier molecular flexibility index (Phi) is 4.55. The first-order valence-corrected chi connectivity index (χ1v) is 5.59. The molecule has 4 nitrogen and oxygen atoms in total. The van der Waals surface area contributed by atoms with Crippen LogP contribution in [0.15, 0.2) is 18.3 Å². The number of hydrogen-bond acceptors (Lipinski definition) is 3. The molecule has 0 bridgehead atoms. The molecule has 0 aromatic carbocycles. The van der Waals surface area contributed by atoms with Gasteiger partial charge in [0.15, 0.2) is 0 Å². The number of nitrogens with zero attached hydrogens (tertiary/aromatic N) is 1. The molecule has 15 heavy (non-hydrogen) atoms. The molecule has 1 N–H and O–H groups in total. The molecule has 0 fully saturated rings. The Morgan fingerprint density at radius 1 is 1.73 bits per heavy atom. The van der Waals surface area contributed by atoms with Crippen LogP contribution in [0.2, 0.25) is 0 Å². The van der Waals surface area contributed by atoms with Gasteiger partial charge in [0.2, 0.25) is 11.8 Å². The molecule has 0 saturated heterocycles. The molecule has 0 aliphatic rings. The molecule has 0 saturated carbocycles. The fourth-order valence-corrected chi connectivity index (χ4v) is 1.08. The number of amides is 1. The number of aromatic nitrogens is 1. The highest BCUT2D eigenvalue weighted by Crippen LogP contribution is 2.20. The average Bonchev–Trinajstić information content (AvgIpc) is 2.21. The van der Waals surface area contributed by atoms with Gasteiger partial charge < -0.3 is 10.1 Å². The zero-order valence-electron chi connectivity index (χ0n) is 8.66. The van der Waals surface area contributed by atoms with Crippen LogP contribution in [-0.2, 0) is 4.79 Å². The number of pyridine rings is 1. The molecule has 1 amide bonds. The molecule has 1 rings (SSSR count). The summed E-state index contributed by atoms with van der Waals surface area (Å²) in [5.41, 5.74) is 0.593. The second kappa shape index (κ2) is 5.70. The topological polar surface area (TPSA) is 51.2 Å². The zero-order valence-corrected chi connectivity index (χ0v) is 10.2. The second-order valence-corrected chi connectivity index (χ2v) is 4.27. The van der Waals surface area contributed by atoms with E-state index in [-0.39, 0.29) is 10.7 Å². The minimum atomic E-state index is -0.243. The summed E-state index contributed by atoms with van der Waals surface area (Å²) in [7, 11) is 0. The van der Waals surface area contributed by atoms with Crippen LogP contribution in [0.5, 0.6) is 5.88 Å². The number of carbonyl (C=O) groups is 1. The third-order valence-electron chi connectivity index (χ3n) is 1.67. The summed E-state index contributed by atoms with van der Waals surface area (Å²) in [5.74, 6) is 0.324. The van der Waals surface area contributed by atoms with Gasteiger partial charge in [0.25, 0.3) is 0 Å². The van der Waals surface area contributed by atoms with E-state index in [0.29, 0.717) is 18.2 Å². The molecule has 1 aromatic rings. The van der Waals surface area contributed by atoms with Crippen LogP contribution < -0.4 is 10.1 Å². The van der Waals surface area contributed by atoms with Gasteiger partial charge in [-0.25, -0.2) is 4.98 Å². The van der Waals surface area contributed by atoms with Gasteiger partial charge in [-0.15, -0.1) is 0 Å². The summed E-state index contributed by atoms with van der Waals surface area (Å²) in [4.78, 5) is 15.2. The number of alkyl halides is 1. The van der Waals surface area contributed by atoms with Crippen molar-refractivity contribution in [2.75, 3.05) is 11.9 Å². The minimum absolute atomic E-state index is 0.121. The van der Waals surface area contributed by atoms with Gasteiger partial charge in [0, 0.05) is 6.20 Å². The highest BCUT2D eigenvalue weighted by atomic mass is 79.9. The Labute approximate surface area is 97.2 Å². The molecule has 0 aliphatic carbocycles. The predicted octanol–water partition coefficient (Wildman–Crippen LogP) is 2.20. The lowest BCUT2D eigenvalue weighted by molar-refractivity contribution is -0.115. The highest BCUT2D eigenvalue weighted by Gasteiger charge is 2.12. The number of rotatable bonds is 4. The van der Waals surface area contributed by atoms with Crippen molar-refractivity contribution >= 4 is 27.5 Å². The van der Waals surface area contributed by atoms with Gasteiger partial charge in [-0.2, -0.15) is 0 Å². The maximum atomic E-state index is 11.4. The number of anilines is 1. The smallest absolute Gasteiger partial charge is 0.238 e. The lowest BCUT2D eigenvalue weighted by Crippen LogP contribution is -2.20. The van der Waals surface area contributed by atoms with Gasteiger partial charge in [0.05, 0.1) is 11.4 Å². The van der Waals surface area contributed by atoms with E-state index in [4.69, 9.17) is 4.74 Å². The Balaban J connectivity index is 2.79. The molecule has 5 heteroatoms. The third kappa shape index (κ3) is 3.51. The van der Waals surface area contributed by atoms with Gasteiger partial charge in [0.1, 0.15) is 5.69 Å². The summed E-state index contributed by atoms with van der Waals surface area (Å²) in [5, 5.41) is 2.72. The van der Waals surface area contributed by atoms with E-state index in [9.17, 15) is 4.79 Å². The Morgan fingerprint density at radius 3 is 3.07 bits per heavy atom. The van der Waals surface area contributed by atoms with Gasteiger partial charge >= 0.3 is 0 Å². The number of carbonyl (C=O) groups excluding carboxylic acids is 1. The van der Waals surface area contributed by atoms with Crippen LogP contribution in [0.3, 0.4) is 0 Å². The van der Waals surface area contributed by atoms with Gasteiger partial charge in [-0.05, 0) is 26.0 Å². The third-order valence-corrected chi connectivity index (χ3v) is 2.09. The lowest BCUT2D eigenvalue weighted by atomic mass is 10.3. The predicted molar refractivity (Wildman–Crippen MR) is 62.4 cm³/mol. The number of hydrogen-bond donors (Lipinski definition) is 1. The van der Waals surface area contributed by atoms with Crippen molar-refractivity contribution < 1.29 is 9.53 Å². The van der Waals surface area contributed by atoms with Crippen molar-refractivity contribution in [3.05, 3.63) is 18.3 Å². The van der Waals surface area contributed by atoms with E-state index in [0.717, 1.165) is 0 Å². The minimum Gasteiger partial charge on any atom is -0.476 e. The Morgan fingerprint density at radius 2 is 2.47 bits per heavy atom. The van der Waals surface area contributed by atoms with Crippen molar-refractivity contribution in [3.63, 3.8) is 0 Å². The molecule has 0 radical (unpaired) electrons. The molecular formula is C10H13BrN2O2. The number of ether oxygens (including phenoxy) is 1. The maximum absolute atomic E-state index is 11.4. The normalized spacial score (nSPS) is 11.9. The Bertz CT molecular complexity index is 342. The largest absolute Gasteiger partial charge is 0.476 e. The van der Waals surface area contributed by atoms with Crippen LogP contribution in [-0.4, -0.2) is 22.3 Å². The Hall–Kier alpha value is -1.10. The molecule has 1 atom stereocenters. The fraction of sp³-hybridized carbons (Fsp3) is 0.400. The van der Waals surface area contributed by atoms with Crippen molar-refractivity contribution in [3.8, 4) is 5.88 Å². The molecule has 1 heterocycles. The van der Waals surface area contributed by atoms with E-state index in [1.165, 1.54) is 0 Å². The zero-order chi connectivity index (χ0) is 11.3. The molecule has 1 unspecified atom stereocenters. The summed E-state index contributed by atoms with van der Waals surface area (Å²) in [6.07, 6.45) is 1.62.